The Kier molecular flexibility index (Phi) is 7.34. The van der Waals surface area contributed by atoms with Crippen LogP contribution in [0.2, 0.25) is 5.02 Å². The van der Waals surface area contributed by atoms with Gasteiger partial charge in [-0.15, -0.1) is 0 Å². The highest BCUT2D eigenvalue weighted by molar-refractivity contribution is 6.34. The molecule has 0 aliphatic carbocycles. The first-order chi connectivity index (χ1) is 13.6. The number of amides is 2. The van der Waals surface area contributed by atoms with Crippen LogP contribution in [0.4, 0.5) is 5.69 Å². The zero-order chi connectivity index (χ0) is 21.7. The number of non-ortho nitro benzene ring substituents is 1. The van der Waals surface area contributed by atoms with Crippen LogP contribution in [0.1, 0.15) is 48.3 Å². The first kappa shape index (κ1) is 22.4. The smallest absolute Gasteiger partial charge is 0.270 e. The lowest BCUT2D eigenvalue weighted by Crippen LogP contribution is -2.50. The summed E-state index contributed by atoms with van der Waals surface area (Å²) >= 11 is 6.03. The zero-order valence-electron chi connectivity index (χ0n) is 16.7. The van der Waals surface area contributed by atoms with Crippen molar-refractivity contribution in [2.45, 2.75) is 39.8 Å². The lowest BCUT2D eigenvalue weighted by Gasteiger charge is -2.25. The van der Waals surface area contributed by atoms with Gasteiger partial charge in [0.25, 0.3) is 11.6 Å². The third-order valence-electron chi connectivity index (χ3n) is 4.66. The summed E-state index contributed by atoms with van der Waals surface area (Å²) in [4.78, 5) is 35.7. The average Bonchev–Trinajstić information content (AvgIpc) is 2.65. The molecule has 2 amide bonds. The van der Waals surface area contributed by atoms with Gasteiger partial charge in [-0.1, -0.05) is 49.7 Å². The Morgan fingerprint density at radius 2 is 1.72 bits per heavy atom. The second kappa shape index (κ2) is 9.52. The van der Waals surface area contributed by atoms with Gasteiger partial charge in [0, 0.05) is 12.1 Å². The van der Waals surface area contributed by atoms with E-state index in [2.05, 4.69) is 10.6 Å². The van der Waals surface area contributed by atoms with Crippen LogP contribution in [0.5, 0.6) is 0 Å². The van der Waals surface area contributed by atoms with Gasteiger partial charge in [0.1, 0.15) is 6.04 Å². The van der Waals surface area contributed by atoms with Crippen LogP contribution in [0.15, 0.2) is 42.5 Å². The number of halogens is 1. The molecule has 0 radical (unpaired) electrons. The van der Waals surface area contributed by atoms with Crippen molar-refractivity contribution in [3.05, 3.63) is 74.3 Å². The maximum atomic E-state index is 12.8. The summed E-state index contributed by atoms with van der Waals surface area (Å²) in [6.45, 7) is 7.49. The Labute approximate surface area is 174 Å². The minimum Gasteiger partial charge on any atom is -0.348 e. The standard InChI is InChI=1S/C21H24ClN3O4/c1-12(2)19(21(27)23-14(4)16-8-6-5-7-13(16)3)24-20(26)17-10-9-15(25(28)29)11-18(17)22/h5-12,14,19H,1-4H3,(H,23,27)(H,24,26). The normalized spacial score (nSPS) is 12.9. The number of hydrogen-bond acceptors (Lipinski definition) is 4. The summed E-state index contributed by atoms with van der Waals surface area (Å²) in [6.07, 6.45) is 0. The molecule has 0 saturated heterocycles. The van der Waals surface area contributed by atoms with Crippen molar-refractivity contribution in [2.75, 3.05) is 0 Å². The fourth-order valence-corrected chi connectivity index (χ4v) is 3.27. The number of hydrogen-bond donors (Lipinski definition) is 2. The van der Waals surface area contributed by atoms with Crippen molar-refractivity contribution in [1.29, 1.82) is 0 Å². The van der Waals surface area contributed by atoms with E-state index in [4.69, 9.17) is 11.6 Å². The number of carbonyl (C=O) groups is 2. The zero-order valence-corrected chi connectivity index (χ0v) is 17.5. The fourth-order valence-electron chi connectivity index (χ4n) is 3.01. The van der Waals surface area contributed by atoms with Crippen molar-refractivity contribution in [1.82, 2.24) is 10.6 Å². The van der Waals surface area contributed by atoms with E-state index in [1.54, 1.807) is 0 Å². The maximum absolute atomic E-state index is 12.8. The third kappa shape index (κ3) is 5.54. The van der Waals surface area contributed by atoms with Crippen LogP contribution in [-0.4, -0.2) is 22.8 Å². The number of aryl methyl sites for hydroxylation is 1. The van der Waals surface area contributed by atoms with E-state index in [-0.39, 0.29) is 34.1 Å². The number of rotatable bonds is 7. The lowest BCUT2D eigenvalue weighted by atomic mass is 9.99. The number of benzene rings is 2. The molecule has 0 heterocycles. The first-order valence-corrected chi connectivity index (χ1v) is 9.60. The lowest BCUT2D eigenvalue weighted by molar-refractivity contribution is -0.384. The predicted octanol–water partition coefficient (Wildman–Crippen LogP) is 4.19. The molecule has 0 saturated carbocycles. The second-order valence-electron chi connectivity index (χ2n) is 7.20. The predicted molar refractivity (Wildman–Crippen MR) is 112 cm³/mol. The molecule has 2 N–H and O–H groups in total. The molecule has 8 heteroatoms. The number of nitrogens with one attached hydrogen (secondary N) is 2. The number of nitro groups is 1. The summed E-state index contributed by atoms with van der Waals surface area (Å²) < 4.78 is 0. The van der Waals surface area contributed by atoms with E-state index in [1.807, 2.05) is 52.0 Å². The van der Waals surface area contributed by atoms with E-state index in [1.165, 1.54) is 12.1 Å². The summed E-state index contributed by atoms with van der Waals surface area (Å²) in [6, 6.07) is 10.3. The molecular formula is C21H24ClN3O4. The minimum absolute atomic E-state index is 0.0482. The van der Waals surface area contributed by atoms with Crippen LogP contribution in [0.3, 0.4) is 0 Å². The van der Waals surface area contributed by atoms with Gasteiger partial charge in [0.05, 0.1) is 21.6 Å². The van der Waals surface area contributed by atoms with Gasteiger partial charge < -0.3 is 10.6 Å². The maximum Gasteiger partial charge on any atom is 0.270 e. The highest BCUT2D eigenvalue weighted by Gasteiger charge is 2.27. The van der Waals surface area contributed by atoms with Gasteiger partial charge in [0.15, 0.2) is 0 Å². The van der Waals surface area contributed by atoms with Crippen LogP contribution >= 0.6 is 11.6 Å². The molecule has 0 spiro atoms. The average molecular weight is 418 g/mol. The molecule has 2 rings (SSSR count). The highest BCUT2D eigenvalue weighted by Crippen LogP contribution is 2.23. The molecule has 2 unspecified atom stereocenters. The molecule has 0 aliphatic heterocycles. The SMILES string of the molecule is Cc1ccccc1C(C)NC(=O)C(NC(=O)c1ccc([N+](=O)[O-])cc1Cl)C(C)C. The van der Waals surface area contributed by atoms with Crippen LogP contribution in [0.25, 0.3) is 0 Å². The van der Waals surface area contributed by atoms with Crippen molar-refractivity contribution >= 4 is 29.1 Å². The molecule has 2 aromatic rings. The third-order valence-corrected chi connectivity index (χ3v) is 4.97. The molecule has 0 aliphatic rings. The minimum atomic E-state index is -0.791. The van der Waals surface area contributed by atoms with E-state index < -0.39 is 16.9 Å². The van der Waals surface area contributed by atoms with Crippen LogP contribution < -0.4 is 10.6 Å². The van der Waals surface area contributed by atoms with Crippen molar-refractivity contribution in [3.63, 3.8) is 0 Å². The molecule has 154 valence electrons. The first-order valence-electron chi connectivity index (χ1n) is 9.22. The number of nitro benzene ring substituents is 1. The number of carbonyl (C=O) groups excluding carboxylic acids is 2. The fraction of sp³-hybridized carbons (Fsp3) is 0.333. The quantitative estimate of drug-likeness (QED) is 0.521. The van der Waals surface area contributed by atoms with Gasteiger partial charge in [-0.3, -0.25) is 19.7 Å². The molecule has 29 heavy (non-hydrogen) atoms. The Morgan fingerprint density at radius 1 is 1.07 bits per heavy atom. The summed E-state index contributed by atoms with van der Waals surface area (Å²) in [5.41, 5.74) is 1.91. The van der Waals surface area contributed by atoms with Crippen molar-refractivity contribution in [2.24, 2.45) is 5.92 Å². The summed E-state index contributed by atoms with van der Waals surface area (Å²) in [7, 11) is 0. The van der Waals surface area contributed by atoms with Crippen molar-refractivity contribution in [3.8, 4) is 0 Å². The molecule has 0 aromatic heterocycles. The molecule has 2 aromatic carbocycles. The largest absolute Gasteiger partial charge is 0.348 e. The molecule has 2 atom stereocenters. The summed E-state index contributed by atoms with van der Waals surface area (Å²) in [5.74, 6) is -1.07. The van der Waals surface area contributed by atoms with Crippen LogP contribution in [0, 0.1) is 23.0 Å². The van der Waals surface area contributed by atoms with Crippen LogP contribution in [-0.2, 0) is 4.79 Å². The molecule has 0 fully saturated rings. The molecule has 0 bridgehead atoms. The molecular weight excluding hydrogens is 394 g/mol. The van der Waals surface area contributed by atoms with Gasteiger partial charge in [0.2, 0.25) is 5.91 Å². The van der Waals surface area contributed by atoms with Gasteiger partial charge >= 0.3 is 0 Å². The Morgan fingerprint density at radius 3 is 2.28 bits per heavy atom. The van der Waals surface area contributed by atoms with Gasteiger partial charge in [-0.2, -0.15) is 0 Å². The van der Waals surface area contributed by atoms with E-state index >= 15 is 0 Å². The highest BCUT2D eigenvalue weighted by atomic mass is 35.5. The Balaban J connectivity index is 2.15. The summed E-state index contributed by atoms with van der Waals surface area (Å²) in [5, 5.41) is 16.4. The topological polar surface area (TPSA) is 101 Å². The molecule has 7 nitrogen and oxygen atoms in total. The van der Waals surface area contributed by atoms with Gasteiger partial charge in [-0.25, -0.2) is 0 Å². The number of nitrogens with zero attached hydrogens (tertiary/aromatic N) is 1. The van der Waals surface area contributed by atoms with E-state index in [9.17, 15) is 19.7 Å². The Hall–Kier alpha value is -2.93. The second-order valence-corrected chi connectivity index (χ2v) is 7.61. The van der Waals surface area contributed by atoms with Gasteiger partial charge in [-0.05, 0) is 37.0 Å². The van der Waals surface area contributed by atoms with Crippen molar-refractivity contribution < 1.29 is 14.5 Å². The Bertz CT molecular complexity index is 930. The van der Waals surface area contributed by atoms with E-state index in [0.717, 1.165) is 17.2 Å². The van der Waals surface area contributed by atoms with E-state index in [0.29, 0.717) is 0 Å². The monoisotopic (exact) mass is 417 g/mol.